The Hall–Kier alpha value is -1.64. The van der Waals surface area contributed by atoms with E-state index in [1.807, 2.05) is 0 Å². The Labute approximate surface area is 128 Å². The Morgan fingerprint density at radius 3 is 2.55 bits per heavy atom. The van der Waals surface area contributed by atoms with Gasteiger partial charge in [0, 0.05) is 8.96 Å². The lowest BCUT2D eigenvalue weighted by atomic mass is 10.2. The highest BCUT2D eigenvalue weighted by Crippen LogP contribution is 2.22. The summed E-state index contributed by atoms with van der Waals surface area (Å²) >= 11 is 2.07. The van der Waals surface area contributed by atoms with Crippen molar-refractivity contribution in [3.05, 3.63) is 27.5 Å². The summed E-state index contributed by atoms with van der Waals surface area (Å²) in [6.07, 6.45) is -0.698. The number of aromatic nitrogens is 2. The van der Waals surface area contributed by atoms with Gasteiger partial charge in [-0.1, -0.05) is 0 Å². The first-order valence-electron chi connectivity index (χ1n) is 5.84. The number of halogens is 1. The number of carboxylic acids is 1. The van der Waals surface area contributed by atoms with Gasteiger partial charge in [0.15, 0.2) is 5.69 Å². The average Bonchev–Trinajstić information content (AvgIpc) is 2.65. The number of carbonyl (C=O) groups is 2. The third-order valence-electron chi connectivity index (χ3n) is 2.41. The lowest BCUT2D eigenvalue weighted by Crippen LogP contribution is -2.27. The minimum atomic E-state index is -1.18. The number of hydrogen-bond acceptors (Lipinski definition) is 4. The molecule has 2 rings (SSSR count). The second-order valence-electron chi connectivity index (χ2n) is 5.21. The van der Waals surface area contributed by atoms with E-state index >= 15 is 0 Å². The van der Waals surface area contributed by atoms with Gasteiger partial charge in [-0.3, -0.25) is 0 Å². The molecule has 0 spiro atoms. The van der Waals surface area contributed by atoms with Gasteiger partial charge >= 0.3 is 12.1 Å². The molecule has 0 bridgehead atoms. The first kappa shape index (κ1) is 14.8. The van der Waals surface area contributed by atoms with Gasteiger partial charge in [0.2, 0.25) is 0 Å². The normalized spacial score (nSPS) is 11.6. The number of ether oxygens (including phenoxy) is 1. The van der Waals surface area contributed by atoms with E-state index in [1.165, 1.54) is 0 Å². The molecule has 0 aliphatic rings. The van der Waals surface area contributed by atoms with E-state index in [0.29, 0.717) is 10.9 Å². The lowest BCUT2D eigenvalue weighted by Gasteiger charge is -2.19. The van der Waals surface area contributed by atoms with Gasteiger partial charge in [0.05, 0.1) is 5.52 Å². The van der Waals surface area contributed by atoms with Gasteiger partial charge in [-0.05, 0) is 61.6 Å². The van der Waals surface area contributed by atoms with Crippen molar-refractivity contribution in [2.75, 3.05) is 0 Å². The Balaban J connectivity index is 2.60. The summed E-state index contributed by atoms with van der Waals surface area (Å²) in [6.45, 7) is 5.20. The van der Waals surface area contributed by atoms with Gasteiger partial charge in [0.1, 0.15) is 5.60 Å². The van der Waals surface area contributed by atoms with Gasteiger partial charge in [-0.25, -0.2) is 9.59 Å². The Morgan fingerprint density at radius 1 is 1.35 bits per heavy atom. The fourth-order valence-corrected chi connectivity index (χ4v) is 2.18. The predicted octanol–water partition coefficient (Wildman–Crippen LogP) is 3.12. The third-order valence-corrected chi connectivity index (χ3v) is 3.08. The molecule has 6 nitrogen and oxygen atoms in total. The fourth-order valence-electron chi connectivity index (χ4n) is 1.69. The topological polar surface area (TPSA) is 81.4 Å². The summed E-state index contributed by atoms with van der Waals surface area (Å²) in [6, 6.07) is 5.10. The van der Waals surface area contributed by atoms with Crippen LogP contribution in [0.2, 0.25) is 0 Å². The maximum absolute atomic E-state index is 12.1. The van der Waals surface area contributed by atoms with Crippen LogP contribution < -0.4 is 0 Å². The van der Waals surface area contributed by atoms with Crippen LogP contribution in [0.1, 0.15) is 31.3 Å². The molecular weight excluding hydrogens is 375 g/mol. The minimum Gasteiger partial charge on any atom is -0.476 e. The van der Waals surface area contributed by atoms with Crippen LogP contribution in [-0.2, 0) is 4.74 Å². The van der Waals surface area contributed by atoms with E-state index in [-0.39, 0.29) is 5.69 Å². The molecule has 106 valence electrons. The van der Waals surface area contributed by atoms with Crippen molar-refractivity contribution in [2.45, 2.75) is 26.4 Å². The lowest BCUT2D eigenvalue weighted by molar-refractivity contribution is 0.0521. The predicted molar refractivity (Wildman–Crippen MR) is 81.0 cm³/mol. The summed E-state index contributed by atoms with van der Waals surface area (Å²) in [5, 5.41) is 13.4. The molecule has 0 saturated carbocycles. The summed E-state index contributed by atoms with van der Waals surface area (Å²) in [7, 11) is 0. The van der Waals surface area contributed by atoms with Crippen molar-refractivity contribution < 1.29 is 19.4 Å². The van der Waals surface area contributed by atoms with Crippen LogP contribution in [0, 0.1) is 3.57 Å². The second-order valence-corrected chi connectivity index (χ2v) is 6.45. The van der Waals surface area contributed by atoms with Crippen molar-refractivity contribution in [3.8, 4) is 0 Å². The number of carbonyl (C=O) groups excluding carboxylic acids is 1. The molecule has 0 fully saturated rings. The van der Waals surface area contributed by atoms with E-state index in [1.54, 1.807) is 39.0 Å². The number of aromatic carboxylic acids is 1. The first-order chi connectivity index (χ1) is 9.19. The molecule has 0 aliphatic heterocycles. The quantitative estimate of drug-likeness (QED) is 0.760. The largest absolute Gasteiger partial charge is 0.476 e. The second kappa shape index (κ2) is 5.04. The fraction of sp³-hybridized carbons (Fsp3) is 0.308. The van der Waals surface area contributed by atoms with Crippen LogP contribution in [0.15, 0.2) is 18.2 Å². The molecular formula is C13H13IN2O4. The standard InChI is InChI=1S/C13H13IN2O4/c1-13(2,3)20-12(19)16-9-5-4-7(14)6-8(9)10(15-16)11(17)18/h4-6H,1-3H3,(H,17,18). The van der Waals surface area contributed by atoms with Gasteiger partial charge in [-0.15, -0.1) is 0 Å². The number of benzene rings is 1. The maximum Gasteiger partial charge on any atom is 0.435 e. The first-order valence-corrected chi connectivity index (χ1v) is 6.92. The highest BCUT2D eigenvalue weighted by molar-refractivity contribution is 14.1. The van der Waals surface area contributed by atoms with Crippen LogP contribution in [0.3, 0.4) is 0 Å². The summed E-state index contributed by atoms with van der Waals surface area (Å²) in [5.41, 5.74) is -0.427. The maximum atomic E-state index is 12.1. The van der Waals surface area contributed by atoms with Crippen molar-refractivity contribution in [2.24, 2.45) is 0 Å². The molecule has 0 atom stereocenters. The summed E-state index contributed by atoms with van der Waals surface area (Å²) < 4.78 is 7.07. The van der Waals surface area contributed by atoms with Gasteiger partial charge in [-0.2, -0.15) is 9.78 Å². The van der Waals surface area contributed by atoms with Crippen LogP contribution in [0.25, 0.3) is 10.9 Å². The molecule has 1 heterocycles. The summed E-state index contributed by atoms with van der Waals surface area (Å²) in [4.78, 5) is 23.3. The Morgan fingerprint density at radius 2 is 2.00 bits per heavy atom. The zero-order chi connectivity index (χ0) is 15.1. The van der Waals surface area contributed by atoms with E-state index in [9.17, 15) is 14.7 Å². The smallest absolute Gasteiger partial charge is 0.435 e. The van der Waals surface area contributed by atoms with E-state index in [2.05, 4.69) is 27.7 Å². The van der Waals surface area contributed by atoms with Crippen molar-refractivity contribution in [3.63, 3.8) is 0 Å². The highest BCUT2D eigenvalue weighted by Gasteiger charge is 2.24. The molecule has 2 aromatic rings. The third kappa shape index (κ3) is 2.92. The van der Waals surface area contributed by atoms with Crippen molar-refractivity contribution >= 4 is 45.6 Å². The number of rotatable bonds is 1. The minimum absolute atomic E-state index is 0.163. The molecule has 1 N–H and O–H groups in total. The highest BCUT2D eigenvalue weighted by atomic mass is 127. The molecule has 0 aliphatic carbocycles. The number of hydrogen-bond donors (Lipinski definition) is 1. The van der Waals surface area contributed by atoms with E-state index < -0.39 is 17.7 Å². The van der Waals surface area contributed by atoms with E-state index in [4.69, 9.17) is 4.74 Å². The molecule has 0 unspecified atom stereocenters. The SMILES string of the molecule is CC(C)(C)OC(=O)n1nc(C(=O)O)c2cc(I)ccc21. The number of carboxylic acid groups (broad SMARTS) is 1. The molecule has 0 saturated heterocycles. The van der Waals surface area contributed by atoms with Gasteiger partial charge in [0.25, 0.3) is 0 Å². The molecule has 7 heteroatoms. The zero-order valence-electron chi connectivity index (χ0n) is 11.2. The van der Waals surface area contributed by atoms with E-state index in [0.717, 1.165) is 8.25 Å². The Kier molecular flexibility index (Phi) is 3.72. The average molecular weight is 388 g/mol. The molecule has 0 amide bonds. The summed E-state index contributed by atoms with van der Waals surface area (Å²) in [5.74, 6) is -1.18. The zero-order valence-corrected chi connectivity index (χ0v) is 13.3. The van der Waals surface area contributed by atoms with Crippen molar-refractivity contribution in [1.29, 1.82) is 0 Å². The monoisotopic (exact) mass is 388 g/mol. The number of nitrogens with zero attached hydrogens (tertiary/aromatic N) is 2. The van der Waals surface area contributed by atoms with Crippen LogP contribution in [0.5, 0.6) is 0 Å². The van der Waals surface area contributed by atoms with Crippen LogP contribution >= 0.6 is 22.6 Å². The molecule has 1 aromatic carbocycles. The van der Waals surface area contributed by atoms with Crippen LogP contribution in [0.4, 0.5) is 4.79 Å². The molecule has 1 aromatic heterocycles. The molecule has 20 heavy (non-hydrogen) atoms. The van der Waals surface area contributed by atoms with Crippen LogP contribution in [-0.4, -0.2) is 32.6 Å². The van der Waals surface area contributed by atoms with Gasteiger partial charge < -0.3 is 9.84 Å². The number of fused-ring (bicyclic) bond motifs is 1. The van der Waals surface area contributed by atoms with Crippen molar-refractivity contribution in [1.82, 2.24) is 9.78 Å². The molecule has 0 radical (unpaired) electrons. The Bertz CT molecular complexity index is 700.